The van der Waals surface area contributed by atoms with E-state index in [-0.39, 0.29) is 40.2 Å². The van der Waals surface area contributed by atoms with E-state index >= 15 is 0 Å². The molecule has 4 aromatic rings. The van der Waals surface area contributed by atoms with E-state index in [9.17, 15) is 27.6 Å². The molecular formula is C42H50ClN5O7S. The van der Waals surface area contributed by atoms with Crippen molar-refractivity contribution in [3.8, 4) is 11.4 Å². The summed E-state index contributed by atoms with van der Waals surface area (Å²) in [6, 6.07) is 18.9. The molecule has 0 saturated carbocycles. The molecule has 2 unspecified atom stereocenters. The van der Waals surface area contributed by atoms with Gasteiger partial charge in [0.05, 0.1) is 34.1 Å². The highest BCUT2D eigenvalue weighted by Crippen LogP contribution is 2.30. The number of hydrogen-bond donors (Lipinski definition) is 2. The molecule has 1 aromatic heterocycles. The predicted octanol–water partition coefficient (Wildman–Crippen LogP) is 8.44. The minimum Gasteiger partial charge on any atom is -0.350 e. The van der Waals surface area contributed by atoms with Crippen LogP contribution in [-0.2, 0) is 30.7 Å². The van der Waals surface area contributed by atoms with Gasteiger partial charge in [-0.05, 0) is 37.1 Å². The largest absolute Gasteiger partial charge is 0.350 e. The number of amides is 4. The summed E-state index contributed by atoms with van der Waals surface area (Å²) in [6.07, 6.45) is 10.5. The van der Waals surface area contributed by atoms with Crippen LogP contribution in [0.15, 0.2) is 90.0 Å². The fourth-order valence-corrected chi connectivity index (χ4v) is 8.34. The Bertz CT molecular complexity index is 2060. The molecule has 1 aliphatic rings. The fourth-order valence-electron chi connectivity index (χ4n) is 6.65. The van der Waals surface area contributed by atoms with Gasteiger partial charge in [0.25, 0.3) is 11.8 Å². The number of imide groups is 1. The number of rotatable bonds is 22. The molecule has 56 heavy (non-hydrogen) atoms. The van der Waals surface area contributed by atoms with E-state index in [2.05, 4.69) is 22.2 Å². The van der Waals surface area contributed by atoms with E-state index in [1.54, 1.807) is 55.5 Å². The maximum atomic E-state index is 14.3. The number of carbonyl (C=O) groups is 4. The van der Waals surface area contributed by atoms with Crippen LogP contribution in [0.1, 0.15) is 94.1 Å². The Labute approximate surface area is 333 Å². The lowest BCUT2D eigenvalue weighted by Crippen LogP contribution is -2.52. The number of sulfone groups is 1. The standard InChI is InChI=1S/C42H50ClN5O7S/c1-3-5-6-7-8-9-10-11-12-19-26-56(53,54)32-24-25-34(33(43)27-32)46-39(50)36(37(49)35-28-44-38(45-35)31-22-17-14-18-23-31)48-40(51)41(55-4-2)47(42(48)52)29-30-20-15-13-16-21-30/h13-18,20-25,27-28,36,41H,3-12,19,26,29H2,1-2H3,(H,44,45)(H,46,50). The average molecular weight is 804 g/mol. The molecule has 298 valence electrons. The number of urea groups is 1. The maximum Gasteiger partial charge on any atom is 0.330 e. The van der Waals surface area contributed by atoms with Crippen LogP contribution in [0.5, 0.6) is 0 Å². The van der Waals surface area contributed by atoms with E-state index in [1.165, 1.54) is 61.4 Å². The van der Waals surface area contributed by atoms with Crippen molar-refractivity contribution in [2.24, 2.45) is 0 Å². The lowest BCUT2D eigenvalue weighted by molar-refractivity contribution is -0.144. The van der Waals surface area contributed by atoms with E-state index in [4.69, 9.17) is 16.3 Å². The number of benzene rings is 3. The maximum absolute atomic E-state index is 14.3. The van der Waals surface area contributed by atoms with Gasteiger partial charge in [-0.15, -0.1) is 0 Å². The minimum absolute atomic E-state index is 0.00374. The van der Waals surface area contributed by atoms with Crippen molar-refractivity contribution in [1.29, 1.82) is 0 Å². The highest BCUT2D eigenvalue weighted by molar-refractivity contribution is 7.91. The number of anilines is 1. The van der Waals surface area contributed by atoms with Gasteiger partial charge < -0.3 is 15.0 Å². The number of aromatic nitrogens is 2. The van der Waals surface area contributed by atoms with Crippen LogP contribution < -0.4 is 5.32 Å². The second-order valence-corrected chi connectivity index (χ2v) is 16.3. The summed E-state index contributed by atoms with van der Waals surface area (Å²) in [6.45, 7) is 3.90. The quantitative estimate of drug-likeness (QED) is 0.0347. The normalized spacial score (nSPS) is 15.0. The molecule has 2 atom stereocenters. The molecule has 0 bridgehead atoms. The number of ketones is 1. The Morgan fingerprint density at radius 2 is 1.50 bits per heavy atom. The Kier molecular flexibility index (Phi) is 15.4. The molecule has 4 amide bonds. The summed E-state index contributed by atoms with van der Waals surface area (Å²) in [5.74, 6) is -2.57. The second kappa shape index (κ2) is 20.4. The summed E-state index contributed by atoms with van der Waals surface area (Å²) in [4.78, 5) is 65.6. The number of H-pyrrole nitrogens is 1. The summed E-state index contributed by atoms with van der Waals surface area (Å²) < 4.78 is 32.1. The highest BCUT2D eigenvalue weighted by Gasteiger charge is 2.53. The molecule has 1 fully saturated rings. The molecule has 0 radical (unpaired) electrons. The Morgan fingerprint density at radius 3 is 2.12 bits per heavy atom. The first-order chi connectivity index (χ1) is 27.1. The lowest BCUT2D eigenvalue weighted by Gasteiger charge is -2.24. The van der Waals surface area contributed by atoms with E-state index in [0.29, 0.717) is 28.3 Å². The monoisotopic (exact) mass is 803 g/mol. The van der Waals surface area contributed by atoms with Crippen molar-refractivity contribution >= 4 is 50.8 Å². The van der Waals surface area contributed by atoms with Gasteiger partial charge in [-0.2, -0.15) is 0 Å². The molecule has 12 nitrogen and oxygen atoms in total. The minimum atomic E-state index is -3.67. The zero-order valence-corrected chi connectivity index (χ0v) is 33.5. The number of carbonyl (C=O) groups excluding carboxylic acids is 4. The molecule has 1 saturated heterocycles. The number of unbranched alkanes of at least 4 members (excludes halogenated alkanes) is 9. The van der Waals surface area contributed by atoms with Gasteiger partial charge in [0.15, 0.2) is 15.9 Å². The first-order valence-corrected chi connectivity index (χ1v) is 21.4. The van der Waals surface area contributed by atoms with Gasteiger partial charge in [-0.3, -0.25) is 19.3 Å². The average Bonchev–Trinajstić information content (AvgIpc) is 3.78. The number of halogens is 1. The molecule has 5 rings (SSSR count). The fraction of sp³-hybridized carbons (Fsp3) is 0.405. The Morgan fingerprint density at radius 1 is 0.875 bits per heavy atom. The van der Waals surface area contributed by atoms with Crippen molar-refractivity contribution in [3.05, 3.63) is 101 Å². The molecular weight excluding hydrogens is 754 g/mol. The third-order valence-corrected chi connectivity index (χ3v) is 11.8. The van der Waals surface area contributed by atoms with Gasteiger partial charge >= 0.3 is 6.03 Å². The van der Waals surface area contributed by atoms with Crippen molar-refractivity contribution in [1.82, 2.24) is 19.8 Å². The third-order valence-electron chi connectivity index (χ3n) is 9.67. The predicted molar refractivity (Wildman–Crippen MR) is 216 cm³/mol. The van der Waals surface area contributed by atoms with Crippen molar-refractivity contribution in [2.75, 3.05) is 17.7 Å². The Hall–Kier alpha value is -4.85. The van der Waals surface area contributed by atoms with Crippen LogP contribution >= 0.6 is 11.6 Å². The topological polar surface area (TPSA) is 159 Å². The number of aromatic amines is 1. The van der Waals surface area contributed by atoms with Crippen LogP contribution in [-0.4, -0.2) is 76.4 Å². The molecule has 0 aliphatic carbocycles. The number of imidazole rings is 1. The first-order valence-electron chi connectivity index (χ1n) is 19.3. The van der Waals surface area contributed by atoms with Crippen LogP contribution in [0.25, 0.3) is 11.4 Å². The third kappa shape index (κ3) is 10.7. The van der Waals surface area contributed by atoms with E-state index < -0.39 is 45.7 Å². The van der Waals surface area contributed by atoms with Gasteiger partial charge in [-0.25, -0.2) is 23.1 Å². The molecule has 14 heteroatoms. The van der Waals surface area contributed by atoms with Crippen molar-refractivity contribution < 1.29 is 32.3 Å². The second-order valence-electron chi connectivity index (χ2n) is 13.8. The van der Waals surface area contributed by atoms with E-state index in [0.717, 1.165) is 25.7 Å². The highest BCUT2D eigenvalue weighted by atomic mass is 35.5. The number of Topliss-reactive ketones (excluding diaryl/α,β-unsaturated/α-hetero) is 1. The smallest absolute Gasteiger partial charge is 0.330 e. The van der Waals surface area contributed by atoms with Gasteiger partial charge in [0.1, 0.15) is 11.5 Å². The number of ether oxygens (including phenoxy) is 1. The van der Waals surface area contributed by atoms with Crippen LogP contribution in [0.3, 0.4) is 0 Å². The lowest BCUT2D eigenvalue weighted by atomic mass is 10.1. The van der Waals surface area contributed by atoms with Crippen molar-refractivity contribution in [3.63, 3.8) is 0 Å². The number of nitrogens with one attached hydrogen (secondary N) is 2. The van der Waals surface area contributed by atoms with Crippen LogP contribution in [0.4, 0.5) is 10.5 Å². The van der Waals surface area contributed by atoms with Gasteiger partial charge in [-0.1, -0.05) is 137 Å². The van der Waals surface area contributed by atoms with Gasteiger partial charge in [0, 0.05) is 12.2 Å². The molecule has 1 aliphatic heterocycles. The summed E-state index contributed by atoms with van der Waals surface area (Å²) >= 11 is 6.55. The molecule has 2 N–H and O–H groups in total. The SMILES string of the molecule is CCCCCCCCCCCCS(=O)(=O)c1ccc(NC(=O)C(C(=O)c2cnc(-c3ccccc3)[nH]2)N2C(=O)C(OCC)N(Cc3ccccc3)C2=O)c(Cl)c1. The summed E-state index contributed by atoms with van der Waals surface area (Å²) in [5.41, 5.74) is 1.23. The van der Waals surface area contributed by atoms with Crippen LogP contribution in [0.2, 0.25) is 5.02 Å². The zero-order valence-electron chi connectivity index (χ0n) is 31.9. The summed E-state index contributed by atoms with van der Waals surface area (Å²) in [5, 5.41) is 2.47. The molecule has 2 heterocycles. The molecule has 0 spiro atoms. The van der Waals surface area contributed by atoms with E-state index in [1.807, 2.05) is 12.1 Å². The Balaban J connectivity index is 1.34. The number of nitrogens with zero attached hydrogens (tertiary/aromatic N) is 3. The van der Waals surface area contributed by atoms with Gasteiger partial charge in [0.2, 0.25) is 12.0 Å². The zero-order chi connectivity index (χ0) is 40.1. The first kappa shape index (κ1) is 42.3. The molecule has 3 aromatic carbocycles. The summed E-state index contributed by atoms with van der Waals surface area (Å²) in [7, 11) is -3.67. The van der Waals surface area contributed by atoms with Crippen molar-refractivity contribution in [2.45, 2.75) is 102 Å². The number of hydrogen-bond acceptors (Lipinski definition) is 8. The van der Waals surface area contributed by atoms with Crippen LogP contribution in [0, 0.1) is 0 Å².